The summed E-state index contributed by atoms with van der Waals surface area (Å²) in [6.07, 6.45) is 2.18. The molecule has 0 radical (unpaired) electrons. The fourth-order valence-corrected chi connectivity index (χ4v) is 4.56. The van der Waals surface area contributed by atoms with Gasteiger partial charge in [0.05, 0.1) is 11.1 Å². The Morgan fingerprint density at radius 2 is 1.67 bits per heavy atom. The second-order valence-electron chi connectivity index (χ2n) is 8.00. The van der Waals surface area contributed by atoms with Gasteiger partial charge in [0.25, 0.3) is 5.91 Å². The molecule has 2 atom stereocenters. The number of carboxylic acid groups (broad SMARTS) is 2. The summed E-state index contributed by atoms with van der Waals surface area (Å²) < 4.78 is 0. The number of aliphatic carboxylic acids is 2. The number of para-hydroxylation sites is 1. The molecule has 2 aliphatic carbocycles. The predicted octanol–water partition coefficient (Wildman–Crippen LogP) is 2.11. The van der Waals surface area contributed by atoms with Crippen molar-refractivity contribution >= 4 is 28.7 Å². The van der Waals surface area contributed by atoms with Crippen molar-refractivity contribution in [1.82, 2.24) is 9.88 Å². The molecule has 2 N–H and O–H groups in total. The summed E-state index contributed by atoms with van der Waals surface area (Å²) in [5.74, 6) is -2.23. The zero-order chi connectivity index (χ0) is 19.0. The van der Waals surface area contributed by atoms with E-state index in [-0.39, 0.29) is 25.4 Å². The van der Waals surface area contributed by atoms with Crippen molar-refractivity contribution in [2.75, 3.05) is 13.1 Å². The predicted molar refractivity (Wildman–Crippen MR) is 94.4 cm³/mol. The molecular weight excluding hydrogens is 348 g/mol. The van der Waals surface area contributed by atoms with Crippen molar-refractivity contribution in [3.05, 3.63) is 41.6 Å². The van der Waals surface area contributed by atoms with Crippen molar-refractivity contribution in [2.45, 2.75) is 25.2 Å². The number of benzene rings is 1. The van der Waals surface area contributed by atoms with Gasteiger partial charge in [-0.3, -0.25) is 19.4 Å². The van der Waals surface area contributed by atoms with Crippen molar-refractivity contribution in [2.24, 2.45) is 10.8 Å². The Labute approximate surface area is 154 Å². The van der Waals surface area contributed by atoms with Crippen LogP contribution >= 0.6 is 0 Å². The Morgan fingerprint density at radius 3 is 2.26 bits per heavy atom. The summed E-state index contributed by atoms with van der Waals surface area (Å²) in [7, 11) is 0. The van der Waals surface area contributed by atoms with Crippen molar-refractivity contribution in [3.63, 3.8) is 0 Å². The number of rotatable bonds is 4. The number of likely N-dealkylation sites (tertiary alicyclic amines) is 1. The molecule has 27 heavy (non-hydrogen) atoms. The van der Waals surface area contributed by atoms with Crippen molar-refractivity contribution in [1.29, 1.82) is 0 Å². The van der Waals surface area contributed by atoms with E-state index in [2.05, 4.69) is 4.98 Å². The lowest BCUT2D eigenvalue weighted by Gasteiger charge is -2.21. The number of carboxylic acids is 2. The van der Waals surface area contributed by atoms with E-state index in [1.165, 1.54) is 4.90 Å². The van der Waals surface area contributed by atoms with E-state index in [4.69, 9.17) is 0 Å². The standard InChI is InChI=1S/C20H18N2O5/c23-16(22-9-19(17(24)25)8-20(19,10-22)18(26)27)13-7-15(11-5-6-11)21-14-4-2-1-3-12(13)14/h1-4,7,11H,5-6,8-10H2,(H,24,25)(H,26,27)/t19-,20+. The minimum Gasteiger partial charge on any atom is -0.481 e. The molecular formula is C20H18N2O5. The third-order valence-electron chi connectivity index (χ3n) is 6.38. The van der Waals surface area contributed by atoms with Gasteiger partial charge in [-0.2, -0.15) is 0 Å². The molecule has 0 spiro atoms. The number of fused-ring (bicyclic) bond motifs is 2. The van der Waals surface area contributed by atoms with Crippen LogP contribution in [0.5, 0.6) is 0 Å². The van der Waals surface area contributed by atoms with E-state index < -0.39 is 22.8 Å². The van der Waals surface area contributed by atoms with Crippen molar-refractivity contribution < 1.29 is 24.6 Å². The number of carbonyl (C=O) groups is 3. The van der Waals surface area contributed by atoms with Gasteiger partial charge in [-0.1, -0.05) is 18.2 Å². The van der Waals surface area contributed by atoms with Gasteiger partial charge in [0.1, 0.15) is 10.8 Å². The van der Waals surface area contributed by atoms with Gasteiger partial charge in [0.2, 0.25) is 0 Å². The molecule has 7 nitrogen and oxygen atoms in total. The molecule has 0 bridgehead atoms. The van der Waals surface area contributed by atoms with Gasteiger partial charge >= 0.3 is 11.9 Å². The highest BCUT2D eigenvalue weighted by Crippen LogP contribution is 2.68. The molecule has 138 valence electrons. The summed E-state index contributed by atoms with van der Waals surface area (Å²) in [5, 5.41) is 19.9. The lowest BCUT2D eigenvalue weighted by Crippen LogP contribution is -2.34. The summed E-state index contributed by atoms with van der Waals surface area (Å²) in [4.78, 5) is 42.8. The largest absolute Gasteiger partial charge is 0.481 e. The fraction of sp³-hybridized carbons (Fsp3) is 0.400. The number of nitrogens with zero attached hydrogens (tertiary/aromatic N) is 2. The van der Waals surface area contributed by atoms with Gasteiger partial charge in [-0.05, 0) is 31.4 Å². The lowest BCUT2D eigenvalue weighted by atomic mass is 9.97. The topological polar surface area (TPSA) is 108 Å². The maximum Gasteiger partial charge on any atom is 0.312 e. The van der Waals surface area contributed by atoms with Crippen LogP contribution in [0.25, 0.3) is 10.9 Å². The number of aromatic nitrogens is 1. The van der Waals surface area contributed by atoms with Crippen LogP contribution in [0.2, 0.25) is 0 Å². The summed E-state index contributed by atoms with van der Waals surface area (Å²) in [6.45, 7) is -0.133. The highest BCUT2D eigenvalue weighted by Gasteiger charge is 2.81. The normalized spacial score (nSPS) is 28.8. The van der Waals surface area contributed by atoms with E-state index in [1.807, 2.05) is 24.3 Å². The van der Waals surface area contributed by atoms with Gasteiger partial charge in [0, 0.05) is 30.1 Å². The Morgan fingerprint density at radius 1 is 1.04 bits per heavy atom. The second-order valence-corrected chi connectivity index (χ2v) is 8.00. The van der Waals surface area contributed by atoms with Crippen LogP contribution in [0.1, 0.15) is 41.2 Å². The highest BCUT2D eigenvalue weighted by molar-refractivity contribution is 6.07. The van der Waals surface area contributed by atoms with E-state index in [0.717, 1.165) is 24.1 Å². The minimum atomic E-state index is -1.36. The molecule has 3 fully saturated rings. The first-order valence-electron chi connectivity index (χ1n) is 9.04. The molecule has 1 amide bonds. The average molecular weight is 366 g/mol. The van der Waals surface area contributed by atoms with E-state index in [9.17, 15) is 24.6 Å². The average Bonchev–Trinajstić information content (AvgIpc) is 3.57. The molecule has 1 aromatic heterocycles. The quantitative estimate of drug-likeness (QED) is 0.858. The Kier molecular flexibility index (Phi) is 3.04. The molecule has 2 heterocycles. The smallest absolute Gasteiger partial charge is 0.312 e. The summed E-state index contributed by atoms with van der Waals surface area (Å²) in [6, 6.07) is 9.17. The van der Waals surface area contributed by atoms with Crippen LogP contribution in [-0.2, 0) is 9.59 Å². The maximum absolute atomic E-state index is 13.3. The zero-order valence-corrected chi connectivity index (χ0v) is 14.5. The van der Waals surface area contributed by atoms with Gasteiger partial charge < -0.3 is 15.1 Å². The van der Waals surface area contributed by atoms with Crippen molar-refractivity contribution in [3.8, 4) is 0 Å². The molecule has 2 aromatic rings. The fourth-order valence-electron chi connectivity index (χ4n) is 4.56. The maximum atomic E-state index is 13.3. The number of hydrogen-bond acceptors (Lipinski definition) is 4. The number of hydrogen-bond donors (Lipinski definition) is 2. The summed E-state index contributed by atoms with van der Waals surface area (Å²) in [5.41, 5.74) is -0.643. The molecule has 1 aliphatic heterocycles. The first-order valence-corrected chi connectivity index (χ1v) is 9.04. The van der Waals surface area contributed by atoms with Crippen LogP contribution in [0.15, 0.2) is 30.3 Å². The van der Waals surface area contributed by atoms with Crippen LogP contribution < -0.4 is 0 Å². The first-order chi connectivity index (χ1) is 12.9. The molecule has 0 unspecified atom stereocenters. The van der Waals surface area contributed by atoms with E-state index in [1.54, 1.807) is 6.07 Å². The summed E-state index contributed by atoms with van der Waals surface area (Å²) >= 11 is 0. The minimum absolute atomic E-state index is 0.0666. The number of pyridine rings is 1. The third-order valence-corrected chi connectivity index (χ3v) is 6.38. The van der Waals surface area contributed by atoms with E-state index in [0.29, 0.717) is 16.9 Å². The zero-order valence-electron chi connectivity index (χ0n) is 14.5. The van der Waals surface area contributed by atoms with Gasteiger partial charge in [-0.15, -0.1) is 0 Å². The number of piperidine rings is 1. The Hall–Kier alpha value is -2.96. The van der Waals surface area contributed by atoms with Crippen LogP contribution in [0.3, 0.4) is 0 Å². The number of amides is 1. The molecule has 3 aliphatic rings. The van der Waals surface area contributed by atoms with Crippen LogP contribution in [0, 0.1) is 10.8 Å². The van der Waals surface area contributed by atoms with Crippen LogP contribution in [-0.4, -0.2) is 51.0 Å². The van der Waals surface area contributed by atoms with Gasteiger partial charge in [0.15, 0.2) is 0 Å². The first kappa shape index (κ1) is 16.2. The third kappa shape index (κ3) is 2.08. The van der Waals surface area contributed by atoms with E-state index >= 15 is 0 Å². The molecule has 7 heteroatoms. The molecule has 1 saturated heterocycles. The highest BCUT2D eigenvalue weighted by atomic mass is 16.4. The lowest BCUT2D eigenvalue weighted by molar-refractivity contribution is -0.151. The SMILES string of the molecule is O=C(c1cc(C2CC2)nc2ccccc12)N1C[C@@]2(C(=O)O)C[C@@]2(C(=O)O)C1. The molecule has 1 aromatic carbocycles. The Bertz CT molecular complexity index is 1000. The second kappa shape index (κ2) is 5.06. The monoisotopic (exact) mass is 366 g/mol. The number of carbonyl (C=O) groups excluding carboxylic acids is 1. The van der Waals surface area contributed by atoms with Gasteiger partial charge in [-0.25, -0.2) is 0 Å². The molecule has 2 saturated carbocycles. The molecule has 5 rings (SSSR count). The Balaban J connectivity index is 1.56. The van der Waals surface area contributed by atoms with Crippen LogP contribution in [0.4, 0.5) is 0 Å².